The molecule has 1 aliphatic rings. The van der Waals surface area contributed by atoms with E-state index in [1.165, 1.54) is 77.5 Å². The molecule has 0 aromatic heterocycles. The van der Waals surface area contributed by atoms with Gasteiger partial charge in [-0.25, -0.2) is 0 Å². The standard InChI is InChI=1S/C67H50N2/c1-67(2)65-46-61(69(58-36-27-53(28-37-58)49-19-11-5-12-20-49)59-38-29-54(30-39-59)50-21-13-6-14-22-50)41-44-63(65)64-42-31-55-45-60(40-43-62(55)66(64)67)68(56-32-23-51(24-33-56)47-15-7-3-8-16-47)57-34-25-52(26-35-57)48-17-9-4-10-18-48/h3-46H,1-2H3. The zero-order valence-electron chi connectivity index (χ0n) is 38.8. The van der Waals surface area contributed by atoms with Crippen LogP contribution in [0.4, 0.5) is 34.1 Å². The fourth-order valence-electron chi connectivity index (χ4n) is 10.5. The second-order valence-corrected chi connectivity index (χ2v) is 18.6. The molecular weight excluding hydrogens is 833 g/mol. The van der Waals surface area contributed by atoms with Crippen molar-refractivity contribution in [2.24, 2.45) is 0 Å². The van der Waals surface area contributed by atoms with Crippen LogP contribution in [0.5, 0.6) is 0 Å². The van der Waals surface area contributed by atoms with Crippen LogP contribution in [0, 0.1) is 0 Å². The Morgan fingerprint density at radius 2 is 0.565 bits per heavy atom. The van der Waals surface area contributed by atoms with Crippen LogP contribution in [-0.4, -0.2) is 0 Å². The van der Waals surface area contributed by atoms with Crippen molar-refractivity contribution in [2.75, 3.05) is 9.80 Å². The normalized spacial score (nSPS) is 12.3. The van der Waals surface area contributed by atoms with Gasteiger partial charge in [0.1, 0.15) is 0 Å². The summed E-state index contributed by atoms with van der Waals surface area (Å²) in [5, 5.41) is 2.50. The van der Waals surface area contributed by atoms with Gasteiger partial charge in [-0.3, -0.25) is 0 Å². The summed E-state index contributed by atoms with van der Waals surface area (Å²) in [6.45, 7) is 4.80. The van der Waals surface area contributed by atoms with Crippen LogP contribution in [0.25, 0.3) is 66.4 Å². The number of hydrogen-bond donors (Lipinski definition) is 0. The molecule has 2 nitrogen and oxygen atoms in total. The third-order valence-electron chi connectivity index (χ3n) is 14.0. The highest BCUT2D eigenvalue weighted by Crippen LogP contribution is 2.53. The van der Waals surface area contributed by atoms with Crippen molar-refractivity contribution in [1.29, 1.82) is 0 Å². The van der Waals surface area contributed by atoms with E-state index in [0.717, 1.165) is 34.1 Å². The van der Waals surface area contributed by atoms with Gasteiger partial charge in [0.15, 0.2) is 0 Å². The van der Waals surface area contributed by atoms with Gasteiger partial charge in [0.25, 0.3) is 0 Å². The van der Waals surface area contributed by atoms with Gasteiger partial charge in [0.2, 0.25) is 0 Å². The maximum atomic E-state index is 2.44. The molecule has 0 bridgehead atoms. The van der Waals surface area contributed by atoms with E-state index in [4.69, 9.17) is 0 Å². The summed E-state index contributed by atoms with van der Waals surface area (Å²) < 4.78 is 0. The average Bonchev–Trinajstić information content (AvgIpc) is 3.65. The maximum absolute atomic E-state index is 2.44. The van der Waals surface area contributed by atoms with E-state index in [2.05, 4.69) is 291 Å². The summed E-state index contributed by atoms with van der Waals surface area (Å²) >= 11 is 0. The second kappa shape index (κ2) is 17.5. The number of anilines is 6. The minimum atomic E-state index is -0.262. The Labute approximate surface area is 405 Å². The van der Waals surface area contributed by atoms with Gasteiger partial charge in [-0.2, -0.15) is 0 Å². The van der Waals surface area contributed by atoms with Crippen molar-refractivity contribution in [2.45, 2.75) is 19.3 Å². The Morgan fingerprint density at radius 1 is 0.261 bits per heavy atom. The zero-order chi connectivity index (χ0) is 46.3. The first-order chi connectivity index (χ1) is 34.0. The van der Waals surface area contributed by atoms with Crippen molar-refractivity contribution in [1.82, 2.24) is 0 Å². The van der Waals surface area contributed by atoms with Crippen molar-refractivity contribution in [3.05, 3.63) is 278 Å². The van der Waals surface area contributed by atoms with Crippen LogP contribution in [-0.2, 0) is 5.41 Å². The molecule has 11 aromatic rings. The Hall–Kier alpha value is -8.72. The van der Waals surface area contributed by atoms with E-state index in [0.29, 0.717) is 0 Å². The maximum Gasteiger partial charge on any atom is 0.0468 e. The van der Waals surface area contributed by atoms with E-state index in [1.807, 2.05) is 0 Å². The Bertz CT molecular complexity index is 3400. The highest BCUT2D eigenvalue weighted by molar-refractivity contribution is 6.00. The predicted octanol–water partition coefficient (Wildman–Crippen LogP) is 18.8. The number of hydrogen-bond acceptors (Lipinski definition) is 2. The number of rotatable bonds is 10. The quantitative estimate of drug-likeness (QED) is 0.135. The molecule has 0 N–H and O–H groups in total. The first kappa shape index (κ1) is 41.7. The lowest BCUT2D eigenvalue weighted by atomic mass is 9.80. The number of nitrogens with zero attached hydrogens (tertiary/aromatic N) is 2. The fraction of sp³-hybridized carbons (Fsp3) is 0.0448. The first-order valence-electron chi connectivity index (χ1n) is 23.9. The molecule has 12 rings (SSSR count). The lowest BCUT2D eigenvalue weighted by Gasteiger charge is -2.29. The van der Waals surface area contributed by atoms with Crippen LogP contribution in [0.2, 0.25) is 0 Å². The molecule has 0 spiro atoms. The SMILES string of the molecule is CC1(C)c2cc(N(c3ccc(-c4ccccc4)cc3)c3ccc(-c4ccccc4)cc3)ccc2-c2ccc3cc(N(c4ccc(-c5ccccc5)cc4)c4ccc(-c5ccccc5)cc4)ccc3c21. The summed E-state index contributed by atoms with van der Waals surface area (Å²) in [7, 11) is 0. The largest absolute Gasteiger partial charge is 0.310 e. The molecule has 2 heteroatoms. The predicted molar refractivity (Wildman–Crippen MR) is 293 cm³/mol. The monoisotopic (exact) mass is 882 g/mol. The summed E-state index contributed by atoms with van der Waals surface area (Å²) in [4.78, 5) is 4.79. The highest BCUT2D eigenvalue weighted by Gasteiger charge is 2.37. The molecular formula is C67H50N2. The number of fused-ring (bicyclic) bond motifs is 5. The first-order valence-corrected chi connectivity index (χ1v) is 23.9. The highest BCUT2D eigenvalue weighted by atomic mass is 15.1. The topological polar surface area (TPSA) is 6.48 Å². The molecule has 1 aliphatic carbocycles. The summed E-state index contributed by atoms with van der Waals surface area (Å²) in [6.07, 6.45) is 0. The molecule has 11 aromatic carbocycles. The van der Waals surface area contributed by atoms with E-state index >= 15 is 0 Å². The van der Waals surface area contributed by atoms with Crippen molar-refractivity contribution in [3.63, 3.8) is 0 Å². The lowest BCUT2D eigenvalue weighted by molar-refractivity contribution is 0.666. The van der Waals surface area contributed by atoms with Gasteiger partial charge in [-0.15, -0.1) is 0 Å². The van der Waals surface area contributed by atoms with Gasteiger partial charge in [-0.1, -0.05) is 208 Å². The van der Waals surface area contributed by atoms with E-state index < -0.39 is 0 Å². The average molecular weight is 883 g/mol. The summed E-state index contributed by atoms with van der Waals surface area (Å²) in [5.41, 5.74) is 21.4. The molecule has 0 saturated heterocycles. The Kier molecular flexibility index (Phi) is 10.6. The van der Waals surface area contributed by atoms with Crippen LogP contribution >= 0.6 is 0 Å². The van der Waals surface area contributed by atoms with Gasteiger partial charge in [0.05, 0.1) is 0 Å². The van der Waals surface area contributed by atoms with Gasteiger partial charge >= 0.3 is 0 Å². The van der Waals surface area contributed by atoms with Gasteiger partial charge < -0.3 is 9.80 Å². The molecule has 0 radical (unpaired) electrons. The molecule has 0 amide bonds. The van der Waals surface area contributed by atoms with Crippen LogP contribution < -0.4 is 9.80 Å². The van der Waals surface area contributed by atoms with Crippen LogP contribution in [0.1, 0.15) is 25.0 Å². The summed E-state index contributed by atoms with van der Waals surface area (Å²) in [5.74, 6) is 0. The second-order valence-electron chi connectivity index (χ2n) is 18.6. The molecule has 328 valence electrons. The molecule has 0 atom stereocenters. The van der Waals surface area contributed by atoms with Crippen molar-refractivity contribution >= 4 is 44.9 Å². The fourth-order valence-corrected chi connectivity index (χ4v) is 10.5. The van der Waals surface area contributed by atoms with Gasteiger partial charge in [-0.05, 0) is 150 Å². The lowest BCUT2D eigenvalue weighted by Crippen LogP contribution is -2.17. The minimum absolute atomic E-state index is 0.262. The molecule has 0 aliphatic heterocycles. The van der Waals surface area contributed by atoms with E-state index in [9.17, 15) is 0 Å². The van der Waals surface area contributed by atoms with E-state index in [1.54, 1.807) is 0 Å². The molecule has 0 fully saturated rings. The van der Waals surface area contributed by atoms with Crippen LogP contribution in [0.15, 0.2) is 267 Å². The van der Waals surface area contributed by atoms with Crippen LogP contribution in [0.3, 0.4) is 0 Å². The summed E-state index contributed by atoms with van der Waals surface area (Å²) in [6, 6.07) is 97.1. The number of benzene rings is 11. The zero-order valence-corrected chi connectivity index (χ0v) is 38.8. The molecule has 0 unspecified atom stereocenters. The Balaban J connectivity index is 0.925. The molecule has 0 heterocycles. The third-order valence-corrected chi connectivity index (χ3v) is 14.0. The third kappa shape index (κ3) is 7.76. The minimum Gasteiger partial charge on any atom is -0.310 e. The molecule has 69 heavy (non-hydrogen) atoms. The smallest absolute Gasteiger partial charge is 0.0468 e. The Morgan fingerprint density at radius 3 is 0.942 bits per heavy atom. The molecule has 0 saturated carbocycles. The van der Waals surface area contributed by atoms with Crippen molar-refractivity contribution < 1.29 is 0 Å². The van der Waals surface area contributed by atoms with E-state index in [-0.39, 0.29) is 5.41 Å². The van der Waals surface area contributed by atoms with Gasteiger partial charge in [0, 0.05) is 39.5 Å². The van der Waals surface area contributed by atoms with Crippen molar-refractivity contribution in [3.8, 4) is 55.6 Å².